The summed E-state index contributed by atoms with van der Waals surface area (Å²) >= 11 is 5.51. The molecule has 1 aliphatic rings. The van der Waals surface area contributed by atoms with Crippen molar-refractivity contribution >= 4 is 27.7 Å². The van der Waals surface area contributed by atoms with E-state index in [0.717, 1.165) is 17.6 Å². The molecular weight excluding hydrogens is 294 g/mol. The molecule has 1 N–H and O–H groups in total. The molecule has 1 aromatic rings. The normalized spacial score (nSPS) is 18.5. The summed E-state index contributed by atoms with van der Waals surface area (Å²) in [6.07, 6.45) is 7.82. The standard InChI is InChI=1S/C14H20BrNS/c1-17-14(8-2-3-9-14)11-16-10-12-4-6-13(15)7-5-12/h4-7,16H,2-3,8-11H2,1H3. The van der Waals surface area contributed by atoms with Crippen molar-refractivity contribution in [1.29, 1.82) is 0 Å². The first-order valence-electron chi connectivity index (χ1n) is 6.24. The van der Waals surface area contributed by atoms with Crippen molar-refractivity contribution in [3.05, 3.63) is 34.3 Å². The van der Waals surface area contributed by atoms with E-state index in [1.807, 2.05) is 11.8 Å². The fourth-order valence-corrected chi connectivity index (χ4v) is 3.72. The lowest BCUT2D eigenvalue weighted by atomic mass is 10.1. The Labute approximate surface area is 117 Å². The average Bonchev–Trinajstić information content (AvgIpc) is 2.81. The lowest BCUT2D eigenvalue weighted by molar-refractivity contribution is 0.534. The van der Waals surface area contributed by atoms with E-state index in [2.05, 4.69) is 51.8 Å². The molecule has 1 nitrogen and oxygen atoms in total. The molecule has 0 spiro atoms. The van der Waals surface area contributed by atoms with Gasteiger partial charge < -0.3 is 5.32 Å². The third-order valence-electron chi connectivity index (χ3n) is 3.64. The van der Waals surface area contributed by atoms with Gasteiger partial charge in [0, 0.05) is 22.3 Å². The van der Waals surface area contributed by atoms with Crippen LogP contribution in [0.4, 0.5) is 0 Å². The summed E-state index contributed by atoms with van der Waals surface area (Å²) in [6, 6.07) is 8.57. The van der Waals surface area contributed by atoms with E-state index in [-0.39, 0.29) is 0 Å². The average molecular weight is 314 g/mol. The first kappa shape index (κ1) is 13.4. The van der Waals surface area contributed by atoms with Crippen LogP contribution in [0.25, 0.3) is 0 Å². The number of benzene rings is 1. The Kier molecular flexibility index (Phi) is 4.95. The molecule has 0 atom stereocenters. The van der Waals surface area contributed by atoms with Crippen LogP contribution in [-0.4, -0.2) is 17.5 Å². The van der Waals surface area contributed by atoms with Gasteiger partial charge in [0.05, 0.1) is 0 Å². The molecule has 1 aliphatic carbocycles. The van der Waals surface area contributed by atoms with Crippen LogP contribution < -0.4 is 5.32 Å². The van der Waals surface area contributed by atoms with Gasteiger partial charge in [-0.25, -0.2) is 0 Å². The molecule has 0 aromatic heterocycles. The molecule has 2 rings (SSSR count). The van der Waals surface area contributed by atoms with Gasteiger partial charge in [-0.05, 0) is 36.8 Å². The smallest absolute Gasteiger partial charge is 0.0281 e. The third kappa shape index (κ3) is 3.73. The second kappa shape index (κ2) is 6.26. The Bertz CT molecular complexity index is 344. The van der Waals surface area contributed by atoms with Gasteiger partial charge in [-0.15, -0.1) is 0 Å². The Balaban J connectivity index is 1.80. The first-order chi connectivity index (χ1) is 8.24. The molecule has 1 aromatic carbocycles. The molecule has 0 aliphatic heterocycles. The highest BCUT2D eigenvalue weighted by atomic mass is 79.9. The lowest BCUT2D eigenvalue weighted by Gasteiger charge is -2.27. The van der Waals surface area contributed by atoms with Crippen molar-refractivity contribution in [3.8, 4) is 0 Å². The quantitative estimate of drug-likeness (QED) is 0.873. The van der Waals surface area contributed by atoms with Gasteiger partial charge in [0.2, 0.25) is 0 Å². The summed E-state index contributed by atoms with van der Waals surface area (Å²) in [5, 5.41) is 3.62. The maximum Gasteiger partial charge on any atom is 0.0281 e. The second-order valence-electron chi connectivity index (χ2n) is 4.82. The summed E-state index contributed by atoms with van der Waals surface area (Å²) in [5.41, 5.74) is 1.36. The van der Waals surface area contributed by atoms with Gasteiger partial charge >= 0.3 is 0 Å². The van der Waals surface area contributed by atoms with Gasteiger partial charge in [0.25, 0.3) is 0 Å². The van der Waals surface area contributed by atoms with Crippen molar-refractivity contribution in [2.24, 2.45) is 0 Å². The number of thioether (sulfide) groups is 1. The number of nitrogens with one attached hydrogen (secondary N) is 1. The summed E-state index contributed by atoms with van der Waals surface area (Å²) in [6.45, 7) is 2.12. The Morgan fingerprint density at radius 2 is 1.88 bits per heavy atom. The Morgan fingerprint density at radius 1 is 1.24 bits per heavy atom. The SMILES string of the molecule is CSC1(CNCc2ccc(Br)cc2)CCCC1. The molecule has 3 heteroatoms. The van der Waals surface area contributed by atoms with Crippen molar-refractivity contribution in [1.82, 2.24) is 5.32 Å². The molecule has 0 radical (unpaired) electrons. The van der Waals surface area contributed by atoms with Crippen molar-refractivity contribution in [3.63, 3.8) is 0 Å². The van der Waals surface area contributed by atoms with E-state index in [4.69, 9.17) is 0 Å². The molecule has 0 bridgehead atoms. The van der Waals surface area contributed by atoms with E-state index in [1.54, 1.807) is 0 Å². The van der Waals surface area contributed by atoms with Crippen LogP contribution in [0.1, 0.15) is 31.2 Å². The minimum atomic E-state index is 0.509. The van der Waals surface area contributed by atoms with Crippen LogP contribution in [0.5, 0.6) is 0 Å². The summed E-state index contributed by atoms with van der Waals surface area (Å²) in [7, 11) is 0. The first-order valence-corrected chi connectivity index (χ1v) is 8.26. The van der Waals surface area contributed by atoms with E-state index >= 15 is 0 Å². The van der Waals surface area contributed by atoms with Crippen molar-refractivity contribution < 1.29 is 0 Å². The Morgan fingerprint density at radius 3 is 2.47 bits per heavy atom. The van der Waals surface area contributed by atoms with Crippen LogP contribution in [0.2, 0.25) is 0 Å². The van der Waals surface area contributed by atoms with Crippen LogP contribution in [0, 0.1) is 0 Å². The largest absolute Gasteiger partial charge is 0.311 e. The van der Waals surface area contributed by atoms with Gasteiger partial charge in [-0.1, -0.05) is 40.9 Å². The molecule has 0 saturated heterocycles. The number of hydrogen-bond donors (Lipinski definition) is 1. The molecule has 0 unspecified atom stereocenters. The predicted molar refractivity (Wildman–Crippen MR) is 80.6 cm³/mol. The predicted octanol–water partition coefficient (Wildman–Crippen LogP) is 4.21. The summed E-state index contributed by atoms with van der Waals surface area (Å²) < 4.78 is 1.66. The zero-order valence-electron chi connectivity index (χ0n) is 10.3. The highest BCUT2D eigenvalue weighted by Crippen LogP contribution is 2.39. The van der Waals surface area contributed by atoms with E-state index < -0.39 is 0 Å². The number of halogens is 1. The number of hydrogen-bond acceptors (Lipinski definition) is 2. The molecular formula is C14H20BrNS. The fourth-order valence-electron chi connectivity index (χ4n) is 2.51. The molecule has 0 amide bonds. The van der Waals surface area contributed by atoms with Gasteiger partial charge in [-0.2, -0.15) is 11.8 Å². The zero-order chi connectivity index (χ0) is 12.1. The van der Waals surface area contributed by atoms with E-state index in [0.29, 0.717) is 4.75 Å². The minimum absolute atomic E-state index is 0.509. The van der Waals surface area contributed by atoms with Gasteiger partial charge in [-0.3, -0.25) is 0 Å². The highest BCUT2D eigenvalue weighted by Gasteiger charge is 2.32. The van der Waals surface area contributed by atoms with E-state index in [1.165, 1.54) is 31.2 Å². The second-order valence-corrected chi connectivity index (χ2v) is 7.01. The van der Waals surface area contributed by atoms with Gasteiger partial charge in [0.1, 0.15) is 0 Å². The number of rotatable bonds is 5. The van der Waals surface area contributed by atoms with Gasteiger partial charge in [0.15, 0.2) is 0 Å². The van der Waals surface area contributed by atoms with E-state index in [9.17, 15) is 0 Å². The molecule has 94 valence electrons. The maximum absolute atomic E-state index is 3.62. The van der Waals surface area contributed by atoms with Crippen molar-refractivity contribution in [2.45, 2.75) is 37.0 Å². The molecule has 0 heterocycles. The molecule has 1 fully saturated rings. The third-order valence-corrected chi connectivity index (χ3v) is 5.58. The molecule has 1 saturated carbocycles. The monoisotopic (exact) mass is 313 g/mol. The maximum atomic E-state index is 3.62. The fraction of sp³-hybridized carbons (Fsp3) is 0.571. The van der Waals surface area contributed by atoms with Crippen LogP contribution in [0.15, 0.2) is 28.7 Å². The minimum Gasteiger partial charge on any atom is -0.311 e. The van der Waals surface area contributed by atoms with Crippen molar-refractivity contribution in [2.75, 3.05) is 12.8 Å². The summed E-state index contributed by atoms with van der Waals surface area (Å²) in [5.74, 6) is 0. The zero-order valence-corrected chi connectivity index (χ0v) is 12.7. The van der Waals surface area contributed by atoms with Crippen LogP contribution in [0.3, 0.4) is 0 Å². The lowest BCUT2D eigenvalue weighted by Crippen LogP contribution is -2.34. The Hall–Kier alpha value is 0.01000. The van der Waals surface area contributed by atoms with Crippen LogP contribution in [-0.2, 0) is 6.54 Å². The topological polar surface area (TPSA) is 12.0 Å². The highest BCUT2D eigenvalue weighted by molar-refractivity contribution is 9.10. The summed E-state index contributed by atoms with van der Waals surface area (Å²) in [4.78, 5) is 0. The molecule has 17 heavy (non-hydrogen) atoms. The van der Waals surface area contributed by atoms with Crippen LogP contribution >= 0.6 is 27.7 Å².